The van der Waals surface area contributed by atoms with Gasteiger partial charge in [-0.15, -0.1) is 0 Å². The Balaban J connectivity index is 2.29. The van der Waals surface area contributed by atoms with E-state index in [4.69, 9.17) is 5.73 Å². The topological polar surface area (TPSA) is 66.6 Å². The van der Waals surface area contributed by atoms with Crippen LogP contribution in [0.4, 0.5) is 5.69 Å². The third-order valence-electron chi connectivity index (χ3n) is 3.14. The van der Waals surface area contributed by atoms with Crippen molar-refractivity contribution in [2.24, 2.45) is 5.73 Å². The van der Waals surface area contributed by atoms with Crippen LogP contribution in [0.5, 0.6) is 0 Å². The highest BCUT2D eigenvalue weighted by Crippen LogP contribution is 2.21. The standard InChI is InChI=1S/C13H17N3O2/c1-9(14)10-4-3-5-11(8-10)16-7-6-15(2)12(17)13(16)18/h3-5,8-9H,6-7,14H2,1-2H3. The van der Waals surface area contributed by atoms with Crippen LogP contribution < -0.4 is 10.6 Å². The average Bonchev–Trinajstić information content (AvgIpc) is 2.36. The van der Waals surface area contributed by atoms with E-state index < -0.39 is 11.8 Å². The minimum Gasteiger partial charge on any atom is -0.336 e. The number of nitrogens with two attached hydrogens (primary N) is 1. The zero-order valence-corrected chi connectivity index (χ0v) is 10.6. The van der Waals surface area contributed by atoms with E-state index in [0.717, 1.165) is 11.3 Å². The molecule has 0 radical (unpaired) electrons. The van der Waals surface area contributed by atoms with Gasteiger partial charge < -0.3 is 15.5 Å². The quantitative estimate of drug-likeness (QED) is 0.774. The summed E-state index contributed by atoms with van der Waals surface area (Å²) in [6.45, 7) is 2.95. The maximum Gasteiger partial charge on any atom is 0.316 e. The number of anilines is 1. The number of benzene rings is 1. The summed E-state index contributed by atoms with van der Waals surface area (Å²) in [6, 6.07) is 7.35. The van der Waals surface area contributed by atoms with Crippen molar-refractivity contribution in [3.8, 4) is 0 Å². The molecule has 96 valence electrons. The Hall–Kier alpha value is -1.88. The molecule has 1 aromatic rings. The van der Waals surface area contributed by atoms with Crippen LogP contribution in [-0.4, -0.2) is 36.9 Å². The fourth-order valence-electron chi connectivity index (χ4n) is 1.95. The number of carbonyl (C=O) groups is 2. The highest BCUT2D eigenvalue weighted by Gasteiger charge is 2.31. The number of hydrogen-bond acceptors (Lipinski definition) is 3. The highest BCUT2D eigenvalue weighted by atomic mass is 16.2. The van der Waals surface area contributed by atoms with Gasteiger partial charge in [-0.05, 0) is 24.6 Å². The van der Waals surface area contributed by atoms with E-state index in [9.17, 15) is 9.59 Å². The lowest BCUT2D eigenvalue weighted by Gasteiger charge is -2.31. The van der Waals surface area contributed by atoms with E-state index in [-0.39, 0.29) is 6.04 Å². The van der Waals surface area contributed by atoms with Gasteiger partial charge in [-0.2, -0.15) is 0 Å². The Morgan fingerprint density at radius 1 is 1.22 bits per heavy atom. The average molecular weight is 247 g/mol. The molecule has 2 N–H and O–H groups in total. The van der Waals surface area contributed by atoms with Crippen LogP contribution in [0.25, 0.3) is 0 Å². The van der Waals surface area contributed by atoms with E-state index in [1.807, 2.05) is 31.2 Å². The molecule has 1 aliphatic rings. The van der Waals surface area contributed by atoms with Crippen molar-refractivity contribution in [1.29, 1.82) is 0 Å². The first-order valence-corrected chi connectivity index (χ1v) is 5.93. The summed E-state index contributed by atoms with van der Waals surface area (Å²) < 4.78 is 0. The molecular formula is C13H17N3O2. The predicted octanol–water partition coefficient (Wildman–Crippen LogP) is 0.511. The molecule has 1 fully saturated rings. The third kappa shape index (κ3) is 2.22. The number of hydrogen-bond donors (Lipinski definition) is 1. The number of nitrogens with zero attached hydrogens (tertiary/aromatic N) is 2. The van der Waals surface area contributed by atoms with E-state index in [1.54, 1.807) is 7.05 Å². The number of piperazine rings is 1. The molecule has 5 heteroatoms. The smallest absolute Gasteiger partial charge is 0.316 e. The van der Waals surface area contributed by atoms with Crippen molar-refractivity contribution in [2.75, 3.05) is 25.0 Å². The molecule has 1 aliphatic heterocycles. The van der Waals surface area contributed by atoms with Crippen LogP contribution in [0, 0.1) is 0 Å². The van der Waals surface area contributed by atoms with Crippen molar-refractivity contribution in [2.45, 2.75) is 13.0 Å². The van der Waals surface area contributed by atoms with Crippen molar-refractivity contribution >= 4 is 17.5 Å². The highest BCUT2D eigenvalue weighted by molar-refractivity contribution is 6.40. The summed E-state index contributed by atoms with van der Waals surface area (Å²) in [6.07, 6.45) is 0. The van der Waals surface area contributed by atoms with Crippen LogP contribution in [-0.2, 0) is 9.59 Å². The predicted molar refractivity (Wildman–Crippen MR) is 69.0 cm³/mol. The first kappa shape index (κ1) is 12.6. The molecule has 2 rings (SSSR count). The molecule has 0 saturated carbocycles. The van der Waals surface area contributed by atoms with Crippen LogP contribution in [0.1, 0.15) is 18.5 Å². The molecule has 2 amide bonds. The van der Waals surface area contributed by atoms with Gasteiger partial charge in [0, 0.05) is 31.9 Å². The Labute approximate surface area is 106 Å². The molecule has 1 aromatic carbocycles. The van der Waals surface area contributed by atoms with Gasteiger partial charge in [0.25, 0.3) is 0 Å². The lowest BCUT2D eigenvalue weighted by Crippen LogP contribution is -2.53. The van der Waals surface area contributed by atoms with Gasteiger partial charge in [0.05, 0.1) is 0 Å². The molecule has 1 atom stereocenters. The van der Waals surface area contributed by atoms with Gasteiger partial charge in [-0.3, -0.25) is 9.59 Å². The van der Waals surface area contributed by atoms with Crippen molar-refractivity contribution < 1.29 is 9.59 Å². The number of rotatable bonds is 2. The van der Waals surface area contributed by atoms with Crippen LogP contribution in [0.3, 0.4) is 0 Å². The first-order valence-electron chi connectivity index (χ1n) is 5.93. The van der Waals surface area contributed by atoms with Crippen molar-refractivity contribution in [3.63, 3.8) is 0 Å². The molecular weight excluding hydrogens is 230 g/mol. The second-order valence-corrected chi connectivity index (χ2v) is 4.57. The lowest BCUT2D eigenvalue weighted by molar-refractivity contribution is -0.145. The Morgan fingerprint density at radius 2 is 1.94 bits per heavy atom. The van der Waals surface area contributed by atoms with Gasteiger partial charge in [0.15, 0.2) is 0 Å². The first-order chi connectivity index (χ1) is 8.50. The van der Waals surface area contributed by atoms with Gasteiger partial charge in [0.2, 0.25) is 0 Å². The van der Waals surface area contributed by atoms with E-state index >= 15 is 0 Å². The summed E-state index contributed by atoms with van der Waals surface area (Å²) in [7, 11) is 1.63. The van der Waals surface area contributed by atoms with Crippen LogP contribution in [0.15, 0.2) is 24.3 Å². The molecule has 0 aliphatic carbocycles. The van der Waals surface area contributed by atoms with Crippen molar-refractivity contribution in [1.82, 2.24) is 4.90 Å². The van der Waals surface area contributed by atoms with E-state index in [2.05, 4.69) is 0 Å². The summed E-state index contributed by atoms with van der Waals surface area (Å²) in [4.78, 5) is 26.5. The van der Waals surface area contributed by atoms with Crippen LogP contribution >= 0.6 is 0 Å². The number of amides is 2. The largest absolute Gasteiger partial charge is 0.336 e. The zero-order valence-electron chi connectivity index (χ0n) is 10.6. The molecule has 1 heterocycles. The molecule has 18 heavy (non-hydrogen) atoms. The van der Waals surface area contributed by atoms with Gasteiger partial charge >= 0.3 is 11.8 Å². The number of carbonyl (C=O) groups excluding carboxylic acids is 2. The maximum absolute atomic E-state index is 11.9. The Morgan fingerprint density at radius 3 is 2.61 bits per heavy atom. The fraction of sp³-hybridized carbons (Fsp3) is 0.385. The second-order valence-electron chi connectivity index (χ2n) is 4.57. The SMILES string of the molecule is CC(N)c1cccc(N2CCN(C)C(=O)C2=O)c1. The summed E-state index contributed by atoms with van der Waals surface area (Å²) in [5, 5.41) is 0. The molecule has 5 nitrogen and oxygen atoms in total. The normalized spacial score (nSPS) is 18.2. The van der Waals surface area contributed by atoms with Crippen LogP contribution in [0.2, 0.25) is 0 Å². The molecule has 0 bridgehead atoms. The summed E-state index contributed by atoms with van der Waals surface area (Å²) >= 11 is 0. The second kappa shape index (κ2) is 4.78. The van der Waals surface area contributed by atoms with E-state index in [1.165, 1.54) is 9.80 Å². The molecule has 0 spiro atoms. The van der Waals surface area contributed by atoms with E-state index in [0.29, 0.717) is 13.1 Å². The zero-order chi connectivity index (χ0) is 13.3. The molecule has 1 saturated heterocycles. The number of likely N-dealkylation sites (N-methyl/N-ethyl adjacent to an activating group) is 1. The lowest BCUT2D eigenvalue weighted by atomic mass is 10.1. The molecule has 1 unspecified atom stereocenters. The van der Waals surface area contributed by atoms with Gasteiger partial charge in [-0.1, -0.05) is 12.1 Å². The Bertz CT molecular complexity index is 485. The fourth-order valence-corrected chi connectivity index (χ4v) is 1.95. The maximum atomic E-state index is 11.9. The Kier molecular flexibility index (Phi) is 3.34. The minimum atomic E-state index is -0.481. The van der Waals surface area contributed by atoms with Crippen molar-refractivity contribution in [3.05, 3.63) is 29.8 Å². The molecule has 0 aromatic heterocycles. The minimum absolute atomic E-state index is 0.0942. The monoisotopic (exact) mass is 247 g/mol. The van der Waals surface area contributed by atoms with Gasteiger partial charge in [0.1, 0.15) is 0 Å². The summed E-state index contributed by atoms with van der Waals surface area (Å²) in [5.74, 6) is -0.946. The van der Waals surface area contributed by atoms with Gasteiger partial charge in [-0.25, -0.2) is 0 Å². The summed E-state index contributed by atoms with van der Waals surface area (Å²) in [5.41, 5.74) is 7.50. The third-order valence-corrected chi connectivity index (χ3v) is 3.14.